The van der Waals surface area contributed by atoms with Crippen LogP contribution in [0.2, 0.25) is 5.02 Å². The van der Waals surface area contributed by atoms with Gasteiger partial charge in [-0.05, 0) is 30.7 Å². The maximum Gasteiger partial charge on any atom is 0.411 e. The fraction of sp³-hybridized carbons (Fsp3) is 0.562. The van der Waals surface area contributed by atoms with Crippen LogP contribution in [0.5, 0.6) is 0 Å². The molecule has 0 aromatic heterocycles. The van der Waals surface area contributed by atoms with Gasteiger partial charge in [-0.25, -0.2) is 0 Å². The minimum absolute atomic E-state index is 0.0145. The molecule has 1 heterocycles. The van der Waals surface area contributed by atoms with Gasteiger partial charge in [-0.3, -0.25) is 4.99 Å². The molecule has 1 saturated heterocycles. The Morgan fingerprint density at radius 1 is 1.16 bits per heavy atom. The third kappa shape index (κ3) is 6.99. The third-order valence-corrected chi connectivity index (χ3v) is 4.03. The fourth-order valence-electron chi connectivity index (χ4n) is 2.49. The number of aliphatic imine (C=N–C) groups is 1. The minimum Gasteiger partial charge on any atom is -0.372 e. The van der Waals surface area contributed by atoms with Crippen molar-refractivity contribution in [2.75, 3.05) is 50.8 Å². The summed E-state index contributed by atoms with van der Waals surface area (Å²) in [5, 5.41) is 0.706. The van der Waals surface area contributed by atoms with E-state index in [2.05, 4.69) is 14.6 Å². The highest BCUT2D eigenvalue weighted by Crippen LogP contribution is 2.19. The molecule has 1 fully saturated rings. The first kappa shape index (κ1) is 19.7. The van der Waals surface area contributed by atoms with Crippen molar-refractivity contribution >= 4 is 23.2 Å². The van der Waals surface area contributed by atoms with Crippen LogP contribution in [0.25, 0.3) is 0 Å². The molecule has 0 aliphatic carbocycles. The number of hydrogen-bond donors (Lipinski definition) is 1. The molecule has 140 valence electrons. The SMILES string of the molecule is NC(=NCCCOCC(F)(F)F)N1CCN(c2ccc(Cl)cc2)CC1. The summed E-state index contributed by atoms with van der Waals surface area (Å²) in [5.74, 6) is 0.423. The Balaban J connectivity index is 1.68. The van der Waals surface area contributed by atoms with Crippen LogP contribution in [-0.4, -0.2) is 63.0 Å². The third-order valence-electron chi connectivity index (χ3n) is 3.78. The summed E-state index contributed by atoms with van der Waals surface area (Å²) in [5.41, 5.74) is 7.07. The standard InChI is InChI=1S/C16H22ClF3N4O/c17-13-2-4-14(5-3-13)23-7-9-24(10-8-23)15(21)22-6-1-11-25-12-16(18,19)20/h2-5H,1,6-12H2,(H2,21,22). The Kier molecular flexibility index (Phi) is 7.19. The van der Waals surface area contributed by atoms with Crippen molar-refractivity contribution in [2.24, 2.45) is 10.7 Å². The van der Waals surface area contributed by atoms with Crippen LogP contribution in [0.4, 0.5) is 18.9 Å². The molecule has 0 unspecified atom stereocenters. The molecule has 5 nitrogen and oxygen atoms in total. The molecule has 2 rings (SSSR count). The van der Waals surface area contributed by atoms with Crippen molar-refractivity contribution in [3.8, 4) is 0 Å². The topological polar surface area (TPSA) is 54.1 Å². The Labute approximate surface area is 150 Å². The van der Waals surface area contributed by atoms with Gasteiger partial charge in [0.1, 0.15) is 6.61 Å². The summed E-state index contributed by atoms with van der Waals surface area (Å²) in [4.78, 5) is 8.43. The van der Waals surface area contributed by atoms with Crippen LogP contribution >= 0.6 is 11.6 Å². The predicted octanol–water partition coefficient (Wildman–Crippen LogP) is 2.75. The molecule has 0 saturated carbocycles. The Hall–Kier alpha value is -1.67. The van der Waals surface area contributed by atoms with Crippen molar-refractivity contribution < 1.29 is 17.9 Å². The van der Waals surface area contributed by atoms with E-state index in [-0.39, 0.29) is 6.61 Å². The second-order valence-electron chi connectivity index (χ2n) is 5.71. The lowest BCUT2D eigenvalue weighted by Crippen LogP contribution is -2.51. The van der Waals surface area contributed by atoms with E-state index in [1.54, 1.807) is 0 Å². The molecule has 1 aliphatic heterocycles. The summed E-state index contributed by atoms with van der Waals surface area (Å²) < 4.78 is 40.3. The van der Waals surface area contributed by atoms with Gasteiger partial charge in [0.05, 0.1) is 0 Å². The van der Waals surface area contributed by atoms with Crippen LogP contribution < -0.4 is 10.6 Å². The quantitative estimate of drug-likeness (QED) is 0.470. The number of benzene rings is 1. The van der Waals surface area contributed by atoms with Gasteiger partial charge >= 0.3 is 6.18 Å². The minimum atomic E-state index is -4.29. The monoisotopic (exact) mass is 378 g/mol. The van der Waals surface area contributed by atoms with Crippen LogP contribution in [0.15, 0.2) is 29.3 Å². The fourth-order valence-corrected chi connectivity index (χ4v) is 2.62. The zero-order valence-electron chi connectivity index (χ0n) is 13.8. The lowest BCUT2D eigenvalue weighted by Gasteiger charge is -2.36. The number of anilines is 1. The number of guanidine groups is 1. The molecule has 0 atom stereocenters. The first-order valence-corrected chi connectivity index (χ1v) is 8.43. The van der Waals surface area contributed by atoms with E-state index < -0.39 is 12.8 Å². The Morgan fingerprint density at radius 3 is 2.40 bits per heavy atom. The number of hydrogen-bond acceptors (Lipinski definition) is 3. The van der Waals surface area contributed by atoms with Gasteiger partial charge in [0.25, 0.3) is 0 Å². The Bertz CT molecular complexity index is 557. The zero-order chi connectivity index (χ0) is 18.3. The van der Waals surface area contributed by atoms with Gasteiger partial charge in [0.15, 0.2) is 5.96 Å². The highest BCUT2D eigenvalue weighted by Gasteiger charge is 2.27. The number of rotatable bonds is 6. The summed E-state index contributed by atoms with van der Waals surface area (Å²) >= 11 is 5.89. The van der Waals surface area contributed by atoms with Crippen LogP contribution in [0.1, 0.15) is 6.42 Å². The summed E-state index contributed by atoms with van der Waals surface area (Å²) in [7, 11) is 0. The number of alkyl halides is 3. The first-order chi connectivity index (χ1) is 11.8. The van der Waals surface area contributed by atoms with E-state index in [1.807, 2.05) is 29.2 Å². The predicted molar refractivity (Wildman–Crippen MR) is 93.2 cm³/mol. The number of halogens is 4. The van der Waals surface area contributed by atoms with Gasteiger partial charge < -0.3 is 20.3 Å². The zero-order valence-corrected chi connectivity index (χ0v) is 14.6. The second-order valence-corrected chi connectivity index (χ2v) is 6.15. The highest BCUT2D eigenvalue weighted by atomic mass is 35.5. The summed E-state index contributed by atoms with van der Waals surface area (Å²) in [6.45, 7) is 2.24. The van der Waals surface area contributed by atoms with E-state index in [4.69, 9.17) is 17.3 Å². The molecule has 0 bridgehead atoms. The van der Waals surface area contributed by atoms with E-state index in [0.29, 0.717) is 23.9 Å². The average Bonchev–Trinajstić information content (AvgIpc) is 2.58. The summed E-state index contributed by atoms with van der Waals surface area (Å²) in [6.07, 6.45) is -3.88. The molecule has 0 amide bonds. The average molecular weight is 379 g/mol. The first-order valence-electron chi connectivity index (χ1n) is 8.05. The maximum atomic E-state index is 11.9. The van der Waals surface area contributed by atoms with Crippen molar-refractivity contribution in [3.05, 3.63) is 29.3 Å². The van der Waals surface area contributed by atoms with Crippen molar-refractivity contribution in [1.82, 2.24) is 4.90 Å². The second kappa shape index (κ2) is 9.15. The van der Waals surface area contributed by atoms with Crippen LogP contribution in [-0.2, 0) is 4.74 Å². The molecule has 1 aliphatic rings. The van der Waals surface area contributed by atoms with Gasteiger partial charge in [-0.1, -0.05) is 11.6 Å². The van der Waals surface area contributed by atoms with Gasteiger partial charge in [0.2, 0.25) is 0 Å². The molecule has 1 aromatic rings. The smallest absolute Gasteiger partial charge is 0.372 e. The molecular weight excluding hydrogens is 357 g/mol. The molecule has 25 heavy (non-hydrogen) atoms. The molecule has 0 radical (unpaired) electrons. The van der Waals surface area contributed by atoms with E-state index in [9.17, 15) is 13.2 Å². The van der Waals surface area contributed by atoms with Crippen molar-refractivity contribution in [1.29, 1.82) is 0 Å². The number of nitrogens with two attached hydrogens (primary N) is 1. The van der Waals surface area contributed by atoms with E-state index in [1.165, 1.54) is 0 Å². The number of piperazine rings is 1. The van der Waals surface area contributed by atoms with Crippen molar-refractivity contribution in [3.63, 3.8) is 0 Å². The van der Waals surface area contributed by atoms with E-state index >= 15 is 0 Å². The lowest BCUT2D eigenvalue weighted by molar-refractivity contribution is -0.173. The molecule has 9 heteroatoms. The molecule has 1 aromatic carbocycles. The van der Waals surface area contributed by atoms with Gasteiger partial charge in [-0.2, -0.15) is 13.2 Å². The summed E-state index contributed by atoms with van der Waals surface area (Å²) in [6, 6.07) is 7.69. The van der Waals surface area contributed by atoms with Gasteiger partial charge in [0, 0.05) is 50.0 Å². The number of ether oxygens (including phenoxy) is 1. The number of nitrogens with zero attached hydrogens (tertiary/aromatic N) is 3. The molecule has 2 N–H and O–H groups in total. The normalized spacial score (nSPS) is 16.4. The van der Waals surface area contributed by atoms with Crippen LogP contribution in [0, 0.1) is 0 Å². The largest absolute Gasteiger partial charge is 0.411 e. The highest BCUT2D eigenvalue weighted by molar-refractivity contribution is 6.30. The molecular formula is C16H22ClF3N4O. The Morgan fingerprint density at radius 2 is 1.80 bits per heavy atom. The van der Waals surface area contributed by atoms with Crippen molar-refractivity contribution in [2.45, 2.75) is 12.6 Å². The van der Waals surface area contributed by atoms with Crippen LogP contribution in [0.3, 0.4) is 0 Å². The lowest BCUT2D eigenvalue weighted by atomic mass is 10.2. The van der Waals surface area contributed by atoms with E-state index in [0.717, 1.165) is 31.9 Å². The molecule has 0 spiro atoms. The van der Waals surface area contributed by atoms with Gasteiger partial charge in [-0.15, -0.1) is 0 Å². The maximum absolute atomic E-state index is 11.9.